The molecule has 0 aromatic heterocycles. The van der Waals surface area contributed by atoms with Gasteiger partial charge in [0.15, 0.2) is 0 Å². The third kappa shape index (κ3) is 3.38. The third-order valence-corrected chi connectivity index (χ3v) is 7.54. The lowest BCUT2D eigenvalue weighted by atomic mass is 9.91. The van der Waals surface area contributed by atoms with Crippen molar-refractivity contribution in [2.75, 3.05) is 0 Å². The minimum atomic E-state index is -3.50. The molecule has 0 unspecified atom stereocenters. The molecule has 0 bridgehead atoms. The van der Waals surface area contributed by atoms with Crippen LogP contribution in [-0.2, 0) is 29.5 Å². The van der Waals surface area contributed by atoms with Crippen LogP contribution < -0.4 is 0 Å². The van der Waals surface area contributed by atoms with Gasteiger partial charge in [-0.3, -0.25) is 0 Å². The Hall–Kier alpha value is -2.43. The predicted molar refractivity (Wildman–Crippen MR) is 113 cm³/mol. The number of hydrogen-bond donors (Lipinski definition) is 0. The molecule has 0 amide bonds. The number of nitrogens with zero attached hydrogens (tertiary/aromatic N) is 1. The van der Waals surface area contributed by atoms with Gasteiger partial charge in [0.1, 0.15) is 0 Å². The summed E-state index contributed by atoms with van der Waals surface area (Å²) in [5.74, 6) is 0. The first-order chi connectivity index (χ1) is 13.4. The average Bonchev–Trinajstić information content (AvgIpc) is 3.14. The number of aryl methyl sites for hydroxylation is 2. The van der Waals surface area contributed by atoms with Gasteiger partial charge >= 0.3 is 0 Å². The first kappa shape index (κ1) is 18.9. The van der Waals surface area contributed by atoms with E-state index in [9.17, 15) is 8.42 Å². The first-order valence-electron chi connectivity index (χ1n) is 9.58. The van der Waals surface area contributed by atoms with Crippen LogP contribution in [0.3, 0.4) is 0 Å². The fourth-order valence-electron chi connectivity index (χ4n) is 3.99. The number of hydrogen-bond acceptors (Lipinski definition) is 2. The molecule has 0 aliphatic carbocycles. The van der Waals surface area contributed by atoms with Crippen molar-refractivity contribution in [1.82, 2.24) is 4.31 Å². The molecule has 0 spiro atoms. The van der Waals surface area contributed by atoms with Crippen LogP contribution in [0.1, 0.15) is 38.9 Å². The van der Waals surface area contributed by atoms with E-state index in [0.717, 1.165) is 17.5 Å². The highest BCUT2D eigenvalue weighted by molar-refractivity contribution is 7.89. The SMILES string of the molecule is Cc1ccc(S(=O)(=O)N2Cc3c(C)cc(Cc4ccccc4)c(C)c3C2)cc1. The van der Waals surface area contributed by atoms with E-state index < -0.39 is 10.0 Å². The topological polar surface area (TPSA) is 37.4 Å². The summed E-state index contributed by atoms with van der Waals surface area (Å²) in [5.41, 5.74) is 8.32. The molecule has 0 N–H and O–H groups in total. The minimum absolute atomic E-state index is 0.366. The molecule has 144 valence electrons. The summed E-state index contributed by atoms with van der Waals surface area (Å²) in [4.78, 5) is 0.366. The summed E-state index contributed by atoms with van der Waals surface area (Å²) in [6.07, 6.45) is 0.867. The van der Waals surface area contributed by atoms with Crippen molar-refractivity contribution in [2.24, 2.45) is 0 Å². The van der Waals surface area contributed by atoms with E-state index in [1.54, 1.807) is 16.4 Å². The highest BCUT2D eigenvalue weighted by atomic mass is 32.2. The lowest BCUT2D eigenvalue weighted by Gasteiger charge is -2.16. The minimum Gasteiger partial charge on any atom is -0.207 e. The number of fused-ring (bicyclic) bond motifs is 1. The van der Waals surface area contributed by atoms with Crippen molar-refractivity contribution in [3.63, 3.8) is 0 Å². The Kier molecular flexibility index (Phi) is 4.86. The molecule has 0 radical (unpaired) electrons. The average molecular weight is 392 g/mol. The Morgan fingerprint density at radius 2 is 1.50 bits per heavy atom. The molecule has 3 aromatic carbocycles. The van der Waals surface area contributed by atoms with E-state index >= 15 is 0 Å². The standard InChI is InChI=1S/C24H25NO2S/c1-17-9-11-22(12-10-17)28(26,27)25-15-23-18(2)13-21(19(3)24(23)16-25)14-20-7-5-4-6-8-20/h4-13H,14-16H2,1-3H3. The Balaban J connectivity index is 1.67. The largest absolute Gasteiger partial charge is 0.243 e. The van der Waals surface area contributed by atoms with Crippen LogP contribution in [0.2, 0.25) is 0 Å². The van der Waals surface area contributed by atoms with Gasteiger partial charge in [-0.2, -0.15) is 4.31 Å². The first-order valence-corrected chi connectivity index (χ1v) is 11.0. The second-order valence-corrected chi connectivity index (χ2v) is 9.62. The fourth-order valence-corrected chi connectivity index (χ4v) is 5.36. The molecule has 1 aliphatic heterocycles. The molecule has 4 rings (SSSR count). The second-order valence-electron chi connectivity index (χ2n) is 7.68. The van der Waals surface area contributed by atoms with Gasteiger partial charge in [0, 0.05) is 13.1 Å². The predicted octanol–water partition coefficient (Wildman–Crippen LogP) is 4.91. The summed E-state index contributed by atoms with van der Waals surface area (Å²) < 4.78 is 27.9. The molecule has 0 saturated heterocycles. The Morgan fingerprint density at radius 1 is 0.857 bits per heavy atom. The zero-order valence-electron chi connectivity index (χ0n) is 16.6. The van der Waals surface area contributed by atoms with Crippen LogP contribution in [0.25, 0.3) is 0 Å². The Morgan fingerprint density at radius 3 is 2.18 bits per heavy atom. The lowest BCUT2D eigenvalue weighted by molar-refractivity contribution is 0.431. The summed E-state index contributed by atoms with van der Waals surface area (Å²) in [7, 11) is -3.50. The third-order valence-electron chi connectivity index (χ3n) is 5.73. The van der Waals surface area contributed by atoms with Crippen LogP contribution in [0, 0.1) is 20.8 Å². The summed E-state index contributed by atoms with van der Waals surface area (Å²) in [5, 5.41) is 0. The van der Waals surface area contributed by atoms with Gasteiger partial charge in [0.2, 0.25) is 10.0 Å². The van der Waals surface area contributed by atoms with Crippen LogP contribution in [0.5, 0.6) is 0 Å². The molecule has 3 aromatic rings. The summed E-state index contributed by atoms with van der Waals surface area (Å²) in [6, 6.07) is 19.7. The normalized spacial score (nSPS) is 14.2. The van der Waals surface area contributed by atoms with Crippen LogP contribution in [0.15, 0.2) is 65.6 Å². The molecular weight excluding hydrogens is 366 g/mol. The second kappa shape index (κ2) is 7.19. The smallest absolute Gasteiger partial charge is 0.207 e. The Labute approximate surface area is 167 Å². The van der Waals surface area contributed by atoms with Crippen LogP contribution in [-0.4, -0.2) is 12.7 Å². The highest BCUT2D eigenvalue weighted by Crippen LogP contribution is 2.35. The van der Waals surface area contributed by atoms with E-state index in [1.807, 2.05) is 25.1 Å². The van der Waals surface area contributed by atoms with Gasteiger partial charge in [0.05, 0.1) is 4.90 Å². The van der Waals surface area contributed by atoms with Gasteiger partial charge in [-0.25, -0.2) is 8.42 Å². The van der Waals surface area contributed by atoms with Crippen molar-refractivity contribution in [3.05, 3.63) is 99.6 Å². The van der Waals surface area contributed by atoms with E-state index in [1.165, 1.54) is 27.8 Å². The summed E-state index contributed by atoms with van der Waals surface area (Å²) in [6.45, 7) is 7.07. The van der Waals surface area contributed by atoms with Crippen molar-refractivity contribution < 1.29 is 8.42 Å². The van der Waals surface area contributed by atoms with Crippen molar-refractivity contribution in [2.45, 2.75) is 45.2 Å². The molecule has 4 heteroatoms. The molecule has 28 heavy (non-hydrogen) atoms. The fraction of sp³-hybridized carbons (Fsp3) is 0.250. The molecular formula is C24H25NO2S. The molecule has 1 aliphatic rings. The lowest BCUT2D eigenvalue weighted by Crippen LogP contribution is -2.25. The zero-order chi connectivity index (χ0) is 19.9. The Bertz CT molecular complexity index is 1120. The van der Waals surface area contributed by atoms with Gasteiger partial charge < -0.3 is 0 Å². The van der Waals surface area contributed by atoms with E-state index in [0.29, 0.717) is 18.0 Å². The van der Waals surface area contributed by atoms with Crippen molar-refractivity contribution in [1.29, 1.82) is 0 Å². The maximum Gasteiger partial charge on any atom is 0.243 e. The van der Waals surface area contributed by atoms with Crippen molar-refractivity contribution in [3.8, 4) is 0 Å². The van der Waals surface area contributed by atoms with Gasteiger partial charge in [-0.05, 0) is 72.7 Å². The molecule has 0 saturated carbocycles. The highest BCUT2D eigenvalue weighted by Gasteiger charge is 2.32. The van der Waals surface area contributed by atoms with E-state index in [-0.39, 0.29) is 0 Å². The molecule has 0 atom stereocenters. The van der Waals surface area contributed by atoms with Crippen LogP contribution in [0.4, 0.5) is 0 Å². The van der Waals surface area contributed by atoms with Gasteiger partial charge in [-0.1, -0.05) is 54.1 Å². The zero-order valence-corrected chi connectivity index (χ0v) is 17.4. The number of sulfonamides is 1. The van der Waals surface area contributed by atoms with Gasteiger partial charge in [0.25, 0.3) is 0 Å². The number of benzene rings is 3. The monoisotopic (exact) mass is 391 g/mol. The molecule has 1 heterocycles. The molecule has 0 fully saturated rings. The maximum absolute atomic E-state index is 13.1. The van der Waals surface area contributed by atoms with Crippen molar-refractivity contribution >= 4 is 10.0 Å². The maximum atomic E-state index is 13.1. The number of rotatable bonds is 4. The van der Waals surface area contributed by atoms with Crippen LogP contribution >= 0.6 is 0 Å². The quantitative estimate of drug-likeness (QED) is 0.634. The summed E-state index contributed by atoms with van der Waals surface area (Å²) >= 11 is 0. The molecule has 3 nitrogen and oxygen atoms in total. The van der Waals surface area contributed by atoms with E-state index in [2.05, 4.69) is 44.2 Å². The van der Waals surface area contributed by atoms with E-state index in [4.69, 9.17) is 0 Å². The van der Waals surface area contributed by atoms with Gasteiger partial charge in [-0.15, -0.1) is 0 Å².